The molecule has 0 unspecified atom stereocenters. The van der Waals surface area contributed by atoms with E-state index in [9.17, 15) is 13.2 Å². The van der Waals surface area contributed by atoms with Gasteiger partial charge in [0.25, 0.3) is 0 Å². The summed E-state index contributed by atoms with van der Waals surface area (Å²) in [5.41, 5.74) is 2.81. The molecule has 1 aliphatic rings. The summed E-state index contributed by atoms with van der Waals surface area (Å²) >= 11 is 0. The van der Waals surface area contributed by atoms with Gasteiger partial charge in [0.15, 0.2) is 0 Å². The fraction of sp³-hybridized carbons (Fsp3) is 0.667. The van der Waals surface area contributed by atoms with Crippen LogP contribution in [-0.4, -0.2) is 38.4 Å². The molecule has 1 saturated heterocycles. The maximum atomic E-state index is 13.7. The Morgan fingerprint density at radius 2 is 1.56 bits per heavy atom. The highest BCUT2D eigenvalue weighted by molar-refractivity contribution is 7.89. The predicted molar refractivity (Wildman–Crippen MR) is 108 cm³/mol. The zero-order valence-corrected chi connectivity index (χ0v) is 18.4. The Hall–Kier alpha value is -1.40. The van der Waals surface area contributed by atoms with Gasteiger partial charge in [-0.1, -0.05) is 53.7 Å². The van der Waals surface area contributed by atoms with Crippen LogP contribution in [0, 0.1) is 0 Å². The molecule has 1 aromatic rings. The van der Waals surface area contributed by atoms with Crippen molar-refractivity contribution in [1.29, 1.82) is 0 Å². The monoisotopic (exact) mass is 395 g/mol. The Balaban J connectivity index is 2.73. The number of carbonyl (C=O) groups is 1. The summed E-state index contributed by atoms with van der Waals surface area (Å²) in [5, 5.41) is 0. The first-order valence-corrected chi connectivity index (χ1v) is 11.2. The molecule has 0 aliphatic carbocycles. The second-order valence-corrected chi connectivity index (χ2v) is 10.1. The minimum atomic E-state index is -3.80. The summed E-state index contributed by atoms with van der Waals surface area (Å²) in [6, 6.07) is 3.32. The van der Waals surface area contributed by atoms with E-state index < -0.39 is 22.0 Å². The van der Waals surface area contributed by atoms with Gasteiger partial charge >= 0.3 is 5.97 Å². The van der Waals surface area contributed by atoms with Crippen molar-refractivity contribution in [2.24, 2.45) is 0 Å². The average Bonchev–Trinajstić information content (AvgIpc) is 3.10. The van der Waals surface area contributed by atoms with Gasteiger partial charge in [0, 0.05) is 6.54 Å². The zero-order valence-electron chi connectivity index (χ0n) is 17.6. The fourth-order valence-electron chi connectivity index (χ4n) is 3.70. The van der Waals surface area contributed by atoms with E-state index in [0.717, 1.165) is 16.7 Å². The minimum absolute atomic E-state index is 0.0603. The van der Waals surface area contributed by atoms with Gasteiger partial charge < -0.3 is 4.74 Å². The van der Waals surface area contributed by atoms with Crippen LogP contribution in [0.5, 0.6) is 0 Å². The maximum absolute atomic E-state index is 13.7. The molecular formula is C21H33NO4S. The molecule has 27 heavy (non-hydrogen) atoms. The highest BCUT2D eigenvalue weighted by Gasteiger charge is 2.42. The van der Waals surface area contributed by atoms with E-state index in [0.29, 0.717) is 30.2 Å². The van der Waals surface area contributed by atoms with Crippen molar-refractivity contribution in [3.63, 3.8) is 0 Å². The number of nitrogens with zero attached hydrogens (tertiary/aromatic N) is 1. The van der Waals surface area contributed by atoms with Crippen LogP contribution in [0.4, 0.5) is 0 Å². The molecule has 0 saturated carbocycles. The van der Waals surface area contributed by atoms with Gasteiger partial charge in [0.05, 0.1) is 12.0 Å². The highest BCUT2D eigenvalue weighted by Crippen LogP contribution is 2.38. The number of hydrogen-bond donors (Lipinski definition) is 0. The molecule has 152 valence electrons. The molecule has 1 fully saturated rings. The van der Waals surface area contributed by atoms with Crippen molar-refractivity contribution in [1.82, 2.24) is 4.31 Å². The Bertz CT molecular complexity index is 767. The lowest BCUT2D eigenvalue weighted by molar-refractivity contribution is -0.144. The van der Waals surface area contributed by atoms with E-state index >= 15 is 0 Å². The summed E-state index contributed by atoms with van der Waals surface area (Å²) < 4.78 is 33.6. The van der Waals surface area contributed by atoms with Crippen LogP contribution >= 0.6 is 0 Å². The molecule has 0 N–H and O–H groups in total. The van der Waals surface area contributed by atoms with E-state index in [2.05, 4.69) is 13.8 Å². The third kappa shape index (κ3) is 4.21. The number of hydrogen-bond acceptors (Lipinski definition) is 4. The third-order valence-corrected chi connectivity index (χ3v) is 7.36. The van der Waals surface area contributed by atoms with Crippen LogP contribution in [0.1, 0.15) is 88.8 Å². The summed E-state index contributed by atoms with van der Waals surface area (Å²) in [6.45, 7) is 12.7. The molecular weight excluding hydrogens is 362 g/mol. The molecule has 2 rings (SSSR count). The van der Waals surface area contributed by atoms with Gasteiger partial charge in [-0.3, -0.25) is 4.79 Å². The summed E-state index contributed by atoms with van der Waals surface area (Å²) in [6.07, 6.45) is 1.17. The van der Waals surface area contributed by atoms with Crippen LogP contribution in [0.15, 0.2) is 17.0 Å². The lowest BCUT2D eigenvalue weighted by Crippen LogP contribution is -2.41. The number of esters is 1. The van der Waals surface area contributed by atoms with Gasteiger partial charge in [-0.25, -0.2) is 8.42 Å². The average molecular weight is 396 g/mol. The quantitative estimate of drug-likeness (QED) is 0.671. The lowest BCUT2D eigenvalue weighted by atomic mass is 9.89. The maximum Gasteiger partial charge on any atom is 0.324 e. The van der Waals surface area contributed by atoms with Gasteiger partial charge in [0.2, 0.25) is 10.0 Å². The van der Waals surface area contributed by atoms with Crippen molar-refractivity contribution < 1.29 is 17.9 Å². The van der Waals surface area contributed by atoms with Crippen LogP contribution in [0.3, 0.4) is 0 Å². The van der Waals surface area contributed by atoms with Gasteiger partial charge in [-0.05, 0) is 47.3 Å². The first kappa shape index (κ1) is 21.9. The van der Waals surface area contributed by atoms with Crippen molar-refractivity contribution >= 4 is 16.0 Å². The van der Waals surface area contributed by atoms with E-state index in [1.54, 1.807) is 0 Å². The Morgan fingerprint density at radius 3 is 1.96 bits per heavy atom. The molecule has 1 heterocycles. The third-order valence-electron chi connectivity index (χ3n) is 5.32. The highest BCUT2D eigenvalue weighted by atomic mass is 32.2. The molecule has 5 nitrogen and oxygen atoms in total. The Kier molecular flexibility index (Phi) is 6.74. The number of benzene rings is 1. The standard InChI is InChI=1S/C21H33NO4S/c1-13(2)16-11-17(14(3)4)20(18(12-16)15(5)6)27(24,25)22-10-8-9-19(22)21(23)26-7/h11-15,19H,8-10H2,1-7H3/t19-/m0/s1. The summed E-state index contributed by atoms with van der Waals surface area (Å²) in [7, 11) is -2.50. The van der Waals surface area contributed by atoms with Crippen molar-refractivity contribution in [3.05, 3.63) is 28.8 Å². The van der Waals surface area contributed by atoms with Gasteiger partial charge in [0.1, 0.15) is 6.04 Å². The molecule has 0 aromatic heterocycles. The number of sulfonamides is 1. The smallest absolute Gasteiger partial charge is 0.324 e. The molecule has 6 heteroatoms. The summed E-state index contributed by atoms with van der Waals surface area (Å²) in [5.74, 6) is -0.0475. The predicted octanol–water partition coefficient (Wildman–Crippen LogP) is 4.38. The number of methoxy groups -OCH3 is 1. The lowest BCUT2D eigenvalue weighted by Gasteiger charge is -2.28. The number of ether oxygens (including phenoxy) is 1. The molecule has 0 radical (unpaired) electrons. The second kappa shape index (κ2) is 8.31. The molecule has 1 atom stereocenters. The van der Waals surface area contributed by atoms with Crippen LogP contribution < -0.4 is 0 Å². The van der Waals surface area contributed by atoms with Crippen LogP contribution in [-0.2, 0) is 19.6 Å². The van der Waals surface area contributed by atoms with E-state index in [1.807, 2.05) is 39.8 Å². The number of carbonyl (C=O) groups excluding carboxylic acids is 1. The molecule has 1 aromatic carbocycles. The zero-order chi connectivity index (χ0) is 20.5. The van der Waals surface area contributed by atoms with E-state index in [1.165, 1.54) is 11.4 Å². The first-order valence-electron chi connectivity index (χ1n) is 9.79. The SMILES string of the molecule is COC(=O)[C@@H]1CCCN1S(=O)(=O)c1c(C(C)C)cc(C(C)C)cc1C(C)C. The van der Waals surface area contributed by atoms with Crippen molar-refractivity contribution in [2.45, 2.75) is 83.1 Å². The number of rotatable bonds is 6. The van der Waals surface area contributed by atoms with Crippen LogP contribution in [0.25, 0.3) is 0 Å². The summed E-state index contributed by atoms with van der Waals surface area (Å²) in [4.78, 5) is 12.5. The Morgan fingerprint density at radius 1 is 1.04 bits per heavy atom. The second-order valence-electron chi connectivity index (χ2n) is 8.29. The van der Waals surface area contributed by atoms with Crippen molar-refractivity contribution in [2.75, 3.05) is 13.7 Å². The molecule has 0 spiro atoms. The first-order chi connectivity index (χ1) is 12.5. The minimum Gasteiger partial charge on any atom is -0.468 e. The fourth-order valence-corrected chi connectivity index (χ4v) is 6.02. The molecule has 1 aliphatic heterocycles. The van der Waals surface area contributed by atoms with E-state index in [4.69, 9.17) is 4.74 Å². The topological polar surface area (TPSA) is 63.7 Å². The molecule has 0 bridgehead atoms. The molecule has 0 amide bonds. The van der Waals surface area contributed by atoms with Gasteiger partial charge in [-0.15, -0.1) is 0 Å². The normalized spacial score (nSPS) is 18.7. The van der Waals surface area contributed by atoms with Crippen molar-refractivity contribution in [3.8, 4) is 0 Å². The largest absolute Gasteiger partial charge is 0.468 e. The van der Waals surface area contributed by atoms with E-state index in [-0.39, 0.29) is 11.8 Å². The van der Waals surface area contributed by atoms with Gasteiger partial charge in [-0.2, -0.15) is 4.31 Å². The Labute approximate surface area is 164 Å². The van der Waals surface area contributed by atoms with Crippen LogP contribution in [0.2, 0.25) is 0 Å².